The Morgan fingerprint density at radius 2 is 1.85 bits per heavy atom. The van der Waals surface area contributed by atoms with Gasteiger partial charge in [0.2, 0.25) is 5.91 Å². The topological polar surface area (TPSA) is 60.3 Å². The van der Waals surface area contributed by atoms with Gasteiger partial charge in [-0.05, 0) is 63.3 Å². The smallest absolute Gasteiger partial charge is 0.355 e. The van der Waals surface area contributed by atoms with Crippen LogP contribution in [0.5, 0.6) is 0 Å². The monoisotopic (exact) mass is 384 g/mol. The van der Waals surface area contributed by atoms with Crippen LogP contribution in [0.1, 0.15) is 47.1 Å². The van der Waals surface area contributed by atoms with Crippen LogP contribution in [-0.4, -0.2) is 23.1 Å². The second kappa shape index (κ2) is 7.56. The lowest BCUT2D eigenvalue weighted by Gasteiger charge is -2.19. The fourth-order valence-electron chi connectivity index (χ4n) is 3.41. The number of aryl methyl sites for hydroxylation is 3. The summed E-state index contributed by atoms with van der Waals surface area (Å²) in [6.07, 6.45) is 0. The van der Waals surface area contributed by atoms with E-state index in [0.717, 1.165) is 32.6 Å². The molecule has 6 heteroatoms. The number of aromatic nitrogens is 1. The molecule has 2 heterocycles. The van der Waals surface area contributed by atoms with E-state index in [0.29, 0.717) is 12.3 Å². The normalized spacial score (nSPS) is 12.2. The van der Waals surface area contributed by atoms with Crippen molar-refractivity contribution in [3.8, 4) is 0 Å². The molecular weight excluding hydrogens is 360 g/mol. The minimum Gasteiger partial charge on any atom is -0.461 e. The third-order valence-corrected chi connectivity index (χ3v) is 5.55. The Balaban J connectivity index is 1.97. The van der Waals surface area contributed by atoms with E-state index < -0.39 is 12.0 Å². The first-order valence-electron chi connectivity index (χ1n) is 8.97. The quantitative estimate of drug-likeness (QED) is 0.630. The van der Waals surface area contributed by atoms with Crippen molar-refractivity contribution in [2.75, 3.05) is 11.9 Å². The molecule has 1 atom stereocenters. The average Bonchev–Trinajstić information content (AvgIpc) is 3.18. The van der Waals surface area contributed by atoms with Crippen molar-refractivity contribution in [3.05, 3.63) is 52.0 Å². The van der Waals surface area contributed by atoms with Gasteiger partial charge in [0.25, 0.3) is 0 Å². The Labute approximate surface area is 163 Å². The second-order valence-corrected chi connectivity index (χ2v) is 7.63. The maximum atomic E-state index is 13.0. The largest absolute Gasteiger partial charge is 0.461 e. The number of fused-ring (bicyclic) bond motifs is 1. The summed E-state index contributed by atoms with van der Waals surface area (Å²) >= 11 is 1.51. The van der Waals surface area contributed by atoms with Crippen molar-refractivity contribution in [2.45, 2.75) is 40.7 Å². The predicted molar refractivity (Wildman–Crippen MR) is 110 cm³/mol. The molecule has 27 heavy (non-hydrogen) atoms. The van der Waals surface area contributed by atoms with Gasteiger partial charge in [-0.25, -0.2) is 4.79 Å². The van der Waals surface area contributed by atoms with E-state index in [1.165, 1.54) is 11.3 Å². The molecule has 0 fully saturated rings. The van der Waals surface area contributed by atoms with Crippen LogP contribution in [-0.2, 0) is 9.53 Å². The lowest BCUT2D eigenvalue weighted by Crippen LogP contribution is -2.26. The van der Waals surface area contributed by atoms with Crippen LogP contribution in [0.25, 0.3) is 10.2 Å². The number of anilines is 1. The lowest BCUT2D eigenvalue weighted by molar-refractivity contribution is -0.118. The van der Waals surface area contributed by atoms with E-state index >= 15 is 0 Å². The van der Waals surface area contributed by atoms with Crippen molar-refractivity contribution in [2.24, 2.45) is 0 Å². The van der Waals surface area contributed by atoms with Gasteiger partial charge < -0.3 is 14.6 Å². The van der Waals surface area contributed by atoms with Gasteiger partial charge in [0.1, 0.15) is 16.6 Å². The zero-order valence-corrected chi connectivity index (χ0v) is 17.1. The van der Waals surface area contributed by atoms with Crippen molar-refractivity contribution < 1.29 is 14.3 Å². The molecule has 0 aliphatic carbocycles. The first kappa shape index (κ1) is 19.2. The maximum absolute atomic E-state index is 13.0. The number of hydrogen-bond donors (Lipinski definition) is 1. The van der Waals surface area contributed by atoms with Gasteiger partial charge in [0.15, 0.2) is 0 Å². The summed E-state index contributed by atoms with van der Waals surface area (Å²) in [7, 11) is 0. The van der Waals surface area contributed by atoms with Gasteiger partial charge in [-0.2, -0.15) is 0 Å². The van der Waals surface area contributed by atoms with E-state index in [4.69, 9.17) is 4.74 Å². The second-order valence-electron chi connectivity index (χ2n) is 6.74. The highest BCUT2D eigenvalue weighted by molar-refractivity contribution is 7.16. The molecular formula is C21H24N2O3S. The van der Waals surface area contributed by atoms with Crippen molar-refractivity contribution in [1.29, 1.82) is 0 Å². The van der Waals surface area contributed by atoms with E-state index in [2.05, 4.69) is 5.32 Å². The fraction of sp³-hybridized carbons (Fsp3) is 0.333. The molecule has 1 amide bonds. The van der Waals surface area contributed by atoms with E-state index in [9.17, 15) is 9.59 Å². The van der Waals surface area contributed by atoms with Gasteiger partial charge in [-0.1, -0.05) is 17.7 Å². The Bertz CT molecular complexity index is 993. The third kappa shape index (κ3) is 3.62. The lowest BCUT2D eigenvalue weighted by atomic mass is 10.0. The van der Waals surface area contributed by atoms with Crippen LogP contribution < -0.4 is 5.32 Å². The standard InChI is InChI=1S/C21H24N2O3S/c1-6-26-21(25)17-11-16-7-8-27-20(16)23(17)15(5)19(24)22-18-13(3)9-12(2)10-14(18)4/h7-11,15H,6H2,1-5H3,(H,22,24)/t15-/m1/s1. The minimum absolute atomic E-state index is 0.165. The molecule has 0 saturated carbocycles. The van der Waals surface area contributed by atoms with Crippen LogP contribution in [0, 0.1) is 20.8 Å². The van der Waals surface area contributed by atoms with Crippen LogP contribution in [0.2, 0.25) is 0 Å². The summed E-state index contributed by atoms with van der Waals surface area (Å²) in [5.74, 6) is -0.579. The molecule has 0 unspecified atom stereocenters. The van der Waals surface area contributed by atoms with E-state index in [-0.39, 0.29) is 5.91 Å². The van der Waals surface area contributed by atoms with Crippen molar-refractivity contribution in [3.63, 3.8) is 0 Å². The number of nitrogens with one attached hydrogen (secondary N) is 1. The number of esters is 1. The molecule has 5 nitrogen and oxygen atoms in total. The van der Waals surface area contributed by atoms with Crippen LogP contribution in [0.15, 0.2) is 29.6 Å². The first-order valence-corrected chi connectivity index (χ1v) is 9.85. The van der Waals surface area contributed by atoms with Gasteiger partial charge in [0, 0.05) is 11.1 Å². The summed E-state index contributed by atoms with van der Waals surface area (Å²) < 4.78 is 6.95. The number of nitrogens with zero attached hydrogens (tertiary/aromatic N) is 1. The Kier molecular flexibility index (Phi) is 5.37. The van der Waals surface area contributed by atoms with Gasteiger partial charge >= 0.3 is 5.97 Å². The molecule has 0 saturated heterocycles. The van der Waals surface area contributed by atoms with Crippen LogP contribution >= 0.6 is 11.3 Å². The Morgan fingerprint density at radius 3 is 2.48 bits per heavy atom. The number of thiophene rings is 1. The van der Waals surface area contributed by atoms with Gasteiger partial charge in [0.05, 0.1) is 6.61 Å². The van der Waals surface area contributed by atoms with Gasteiger partial charge in [-0.3, -0.25) is 4.79 Å². The highest BCUT2D eigenvalue weighted by Gasteiger charge is 2.25. The third-order valence-electron chi connectivity index (χ3n) is 4.62. The van der Waals surface area contributed by atoms with E-state index in [1.807, 2.05) is 44.4 Å². The Morgan fingerprint density at radius 1 is 1.19 bits per heavy atom. The molecule has 1 aromatic carbocycles. The zero-order chi connectivity index (χ0) is 19.7. The number of carbonyl (C=O) groups is 2. The molecule has 3 rings (SSSR count). The fourth-order valence-corrected chi connectivity index (χ4v) is 4.39. The number of ether oxygens (including phenoxy) is 1. The van der Waals surface area contributed by atoms with Gasteiger partial charge in [-0.15, -0.1) is 11.3 Å². The SMILES string of the molecule is CCOC(=O)c1cc2ccsc2n1[C@H](C)C(=O)Nc1c(C)cc(C)cc1C. The maximum Gasteiger partial charge on any atom is 0.355 e. The number of carbonyl (C=O) groups excluding carboxylic acids is 2. The number of hydrogen-bond acceptors (Lipinski definition) is 4. The number of benzene rings is 1. The highest BCUT2D eigenvalue weighted by atomic mass is 32.1. The summed E-state index contributed by atoms with van der Waals surface area (Å²) in [6.45, 7) is 9.87. The molecule has 0 bridgehead atoms. The summed E-state index contributed by atoms with van der Waals surface area (Å²) in [5, 5.41) is 5.93. The summed E-state index contributed by atoms with van der Waals surface area (Å²) in [5.41, 5.74) is 4.43. The number of amides is 1. The summed E-state index contributed by atoms with van der Waals surface area (Å²) in [6, 6.07) is 7.27. The molecule has 0 radical (unpaired) electrons. The molecule has 142 valence electrons. The molecule has 0 aliphatic heterocycles. The molecule has 0 spiro atoms. The zero-order valence-electron chi connectivity index (χ0n) is 16.3. The molecule has 0 aliphatic rings. The highest BCUT2D eigenvalue weighted by Crippen LogP contribution is 2.30. The Hall–Kier alpha value is -2.60. The van der Waals surface area contributed by atoms with E-state index in [1.54, 1.807) is 24.5 Å². The minimum atomic E-state index is -0.555. The first-order chi connectivity index (χ1) is 12.8. The predicted octanol–water partition coefficient (Wildman–Crippen LogP) is 5.00. The number of rotatable bonds is 5. The average molecular weight is 385 g/mol. The van der Waals surface area contributed by atoms with Crippen LogP contribution in [0.4, 0.5) is 5.69 Å². The molecule has 2 aromatic heterocycles. The van der Waals surface area contributed by atoms with Crippen LogP contribution in [0.3, 0.4) is 0 Å². The summed E-state index contributed by atoms with van der Waals surface area (Å²) in [4.78, 5) is 26.3. The molecule has 1 N–H and O–H groups in total. The van der Waals surface area contributed by atoms with Crippen molar-refractivity contribution in [1.82, 2.24) is 4.57 Å². The van der Waals surface area contributed by atoms with Crippen molar-refractivity contribution >= 4 is 39.1 Å². The molecule has 3 aromatic rings.